The van der Waals surface area contributed by atoms with Crippen molar-refractivity contribution in [1.29, 1.82) is 0 Å². The van der Waals surface area contributed by atoms with Crippen molar-refractivity contribution in [2.75, 3.05) is 4.90 Å². The van der Waals surface area contributed by atoms with Gasteiger partial charge in [-0.3, -0.25) is 4.90 Å². The molecule has 0 unspecified atom stereocenters. The Morgan fingerprint density at radius 3 is 1.59 bits per heavy atom. The molecule has 0 fully saturated rings. The molecule has 14 aromatic rings. The van der Waals surface area contributed by atoms with Crippen molar-refractivity contribution < 1.29 is 0 Å². The van der Waals surface area contributed by atoms with Crippen molar-refractivity contribution in [3.05, 3.63) is 260 Å². The van der Waals surface area contributed by atoms with Crippen LogP contribution >= 0.6 is 0 Å². The molecule has 342 valence electrons. The van der Waals surface area contributed by atoms with Crippen LogP contribution in [0.5, 0.6) is 0 Å². The highest BCUT2D eigenvalue weighted by atomic mass is 15.3. The van der Waals surface area contributed by atoms with E-state index in [4.69, 9.17) is 9.97 Å². The molecular formula is C68H45N5. The van der Waals surface area contributed by atoms with Crippen LogP contribution in [-0.4, -0.2) is 19.1 Å². The summed E-state index contributed by atoms with van der Waals surface area (Å²) in [6.45, 7) is 0. The molecule has 0 atom stereocenters. The van der Waals surface area contributed by atoms with Crippen LogP contribution in [0.15, 0.2) is 249 Å². The van der Waals surface area contributed by atoms with Gasteiger partial charge in [0.15, 0.2) is 0 Å². The molecule has 0 amide bonds. The zero-order valence-corrected chi connectivity index (χ0v) is 39.8. The summed E-state index contributed by atoms with van der Waals surface area (Å²) in [6, 6.07) is 90.3. The average Bonchev–Trinajstić information content (AvgIpc) is 3.91. The van der Waals surface area contributed by atoms with Crippen LogP contribution in [-0.2, 0) is 12.8 Å². The van der Waals surface area contributed by atoms with Crippen molar-refractivity contribution in [3.8, 4) is 44.9 Å². The molecule has 5 nitrogen and oxygen atoms in total. The number of rotatable bonds is 6. The first-order valence-corrected chi connectivity index (χ1v) is 25.2. The maximum atomic E-state index is 5.66. The van der Waals surface area contributed by atoms with Gasteiger partial charge in [0.25, 0.3) is 0 Å². The molecule has 0 radical (unpaired) electrons. The number of aromatic nitrogens is 4. The van der Waals surface area contributed by atoms with E-state index in [9.17, 15) is 0 Å². The summed E-state index contributed by atoms with van der Waals surface area (Å²) in [5, 5.41) is 8.37. The highest BCUT2D eigenvalue weighted by Crippen LogP contribution is 2.47. The summed E-state index contributed by atoms with van der Waals surface area (Å²) < 4.78 is 4.80. The number of anilines is 3. The minimum atomic E-state index is 0.644. The Balaban J connectivity index is 0.928. The largest absolute Gasteiger partial charge is 0.309 e. The Hall–Kier alpha value is -9.58. The number of nitrogens with zero attached hydrogens (tertiary/aromatic N) is 5. The molecule has 0 saturated heterocycles. The summed E-state index contributed by atoms with van der Waals surface area (Å²) in [5.74, 6) is 0.644. The van der Waals surface area contributed by atoms with Crippen LogP contribution in [0.25, 0.3) is 110 Å². The minimum Gasteiger partial charge on any atom is -0.309 e. The van der Waals surface area contributed by atoms with E-state index in [1.807, 2.05) is 0 Å². The Morgan fingerprint density at radius 2 is 0.849 bits per heavy atom. The van der Waals surface area contributed by atoms with Gasteiger partial charge in [-0.25, -0.2) is 9.97 Å². The molecule has 5 heteroatoms. The highest BCUT2D eigenvalue weighted by Gasteiger charge is 2.28. The molecule has 0 saturated carbocycles. The number of fused-ring (bicyclic) bond motifs is 10. The van der Waals surface area contributed by atoms with Crippen molar-refractivity contribution in [3.63, 3.8) is 0 Å². The average molecular weight is 932 g/mol. The van der Waals surface area contributed by atoms with Crippen LogP contribution in [0.1, 0.15) is 11.1 Å². The number of hydrogen-bond acceptors (Lipinski definition) is 3. The normalized spacial score (nSPS) is 12.5. The van der Waals surface area contributed by atoms with Crippen LogP contribution in [0.4, 0.5) is 17.3 Å². The second-order valence-electron chi connectivity index (χ2n) is 19.3. The second-order valence-corrected chi connectivity index (χ2v) is 19.3. The maximum absolute atomic E-state index is 5.66. The van der Waals surface area contributed by atoms with E-state index >= 15 is 0 Å². The molecular weight excluding hydrogens is 887 g/mol. The lowest BCUT2D eigenvalue weighted by Crippen LogP contribution is -2.15. The Bertz CT molecular complexity index is 4490. The molecule has 4 heterocycles. The minimum absolute atomic E-state index is 0.644. The van der Waals surface area contributed by atoms with Gasteiger partial charge in [0.05, 0.1) is 44.7 Å². The Kier molecular flexibility index (Phi) is 9.32. The fourth-order valence-corrected chi connectivity index (χ4v) is 11.8. The molecule has 0 N–H and O–H groups in total. The summed E-state index contributed by atoms with van der Waals surface area (Å²) in [6.07, 6.45) is 1.68. The van der Waals surface area contributed by atoms with Gasteiger partial charge < -0.3 is 9.13 Å². The van der Waals surface area contributed by atoms with E-state index in [0.717, 1.165) is 57.8 Å². The third-order valence-corrected chi connectivity index (χ3v) is 15.2. The molecule has 0 bridgehead atoms. The molecule has 0 aliphatic carbocycles. The predicted molar refractivity (Wildman–Crippen MR) is 304 cm³/mol. The maximum Gasteiger partial charge on any atom is 0.235 e. The number of aryl methyl sites for hydroxylation is 2. The van der Waals surface area contributed by atoms with Gasteiger partial charge in [-0.2, -0.15) is 0 Å². The van der Waals surface area contributed by atoms with Crippen molar-refractivity contribution in [2.24, 2.45) is 0 Å². The van der Waals surface area contributed by atoms with Crippen molar-refractivity contribution in [2.45, 2.75) is 12.8 Å². The lowest BCUT2D eigenvalue weighted by atomic mass is 9.96. The standard InChI is InChI=1S/C68H45N5/c1-3-18-51(19-4-1)71-62-28-13-10-23-55(62)58-41-48(37-39-64(58)71)47-36-38-61-49(40-47)34-35-50-42-66-59(56-24-11-14-29-63(56)72(66)52-20-5-2-6-21-52)43-65(50)73(61)68-69-60-27-12-9-25-57(60)67(70-68)46-32-30-45(31-33-46)54-26-15-17-44-16-7-8-22-53(44)54/h1-33,36-43H,34-35H2. The molecule has 11 aromatic carbocycles. The topological polar surface area (TPSA) is 38.9 Å². The quantitative estimate of drug-likeness (QED) is 0.167. The predicted octanol–water partition coefficient (Wildman–Crippen LogP) is 17.5. The first-order valence-electron chi connectivity index (χ1n) is 25.2. The smallest absolute Gasteiger partial charge is 0.235 e. The first kappa shape index (κ1) is 41.2. The molecule has 1 aliphatic rings. The second kappa shape index (κ2) is 16.5. The number of benzene rings is 11. The summed E-state index contributed by atoms with van der Waals surface area (Å²) in [7, 11) is 0. The van der Waals surface area contributed by atoms with Gasteiger partial charge in [0.1, 0.15) is 0 Å². The van der Waals surface area contributed by atoms with Gasteiger partial charge in [0.2, 0.25) is 5.95 Å². The van der Waals surface area contributed by atoms with Crippen LogP contribution in [0.3, 0.4) is 0 Å². The van der Waals surface area contributed by atoms with Gasteiger partial charge in [-0.05, 0) is 136 Å². The van der Waals surface area contributed by atoms with E-state index in [-0.39, 0.29) is 0 Å². The third kappa shape index (κ3) is 6.63. The Labute approximate surface area is 422 Å². The lowest BCUT2D eigenvalue weighted by molar-refractivity contribution is 0.978. The van der Waals surface area contributed by atoms with E-state index in [1.165, 1.54) is 87.8 Å². The zero-order valence-electron chi connectivity index (χ0n) is 39.8. The fourth-order valence-electron chi connectivity index (χ4n) is 11.8. The van der Waals surface area contributed by atoms with E-state index in [1.54, 1.807) is 0 Å². The monoisotopic (exact) mass is 931 g/mol. The molecule has 0 spiro atoms. The number of hydrogen-bond donors (Lipinski definition) is 0. The SMILES string of the molecule is c1ccc(-n2c3ccccc3c3cc(-c4ccc5c(c4)CCc4cc6c(cc4N5c4nc(-c5ccc(-c7cccc8ccccc78)cc5)c5ccccc5n4)c4ccccc4n6-c4ccccc4)ccc32)cc1. The van der Waals surface area contributed by atoms with E-state index in [0.29, 0.717) is 5.95 Å². The fraction of sp³-hybridized carbons (Fsp3) is 0.0294. The molecule has 3 aromatic heterocycles. The Morgan fingerprint density at radius 1 is 0.315 bits per heavy atom. The van der Waals surface area contributed by atoms with Crippen molar-refractivity contribution >= 4 is 82.6 Å². The van der Waals surface area contributed by atoms with Gasteiger partial charge in [-0.1, -0.05) is 170 Å². The van der Waals surface area contributed by atoms with Crippen LogP contribution in [0.2, 0.25) is 0 Å². The lowest BCUT2D eigenvalue weighted by Gasteiger charge is -2.26. The van der Waals surface area contributed by atoms with Crippen LogP contribution < -0.4 is 4.90 Å². The first-order chi connectivity index (χ1) is 36.2. The highest BCUT2D eigenvalue weighted by molar-refractivity contribution is 6.12. The van der Waals surface area contributed by atoms with Gasteiger partial charge in [0, 0.05) is 43.9 Å². The van der Waals surface area contributed by atoms with Crippen LogP contribution in [0, 0.1) is 0 Å². The third-order valence-electron chi connectivity index (χ3n) is 15.2. The molecule has 73 heavy (non-hydrogen) atoms. The number of para-hydroxylation sites is 5. The molecule has 15 rings (SSSR count). The van der Waals surface area contributed by atoms with E-state index < -0.39 is 0 Å². The summed E-state index contributed by atoms with van der Waals surface area (Å²) in [4.78, 5) is 13.5. The summed E-state index contributed by atoms with van der Waals surface area (Å²) in [5.41, 5.74) is 19.3. The van der Waals surface area contributed by atoms with Crippen molar-refractivity contribution in [1.82, 2.24) is 19.1 Å². The zero-order chi connectivity index (χ0) is 48.0. The van der Waals surface area contributed by atoms with E-state index in [2.05, 4.69) is 263 Å². The molecule has 1 aliphatic heterocycles. The van der Waals surface area contributed by atoms with Gasteiger partial charge in [-0.15, -0.1) is 0 Å². The van der Waals surface area contributed by atoms with Gasteiger partial charge >= 0.3 is 0 Å². The summed E-state index contributed by atoms with van der Waals surface area (Å²) >= 11 is 0.